The highest BCUT2D eigenvalue weighted by Crippen LogP contribution is 2.34. The van der Waals surface area contributed by atoms with E-state index >= 15 is 0 Å². The van der Waals surface area contributed by atoms with Gasteiger partial charge in [-0.2, -0.15) is 5.10 Å². The van der Waals surface area contributed by atoms with E-state index in [0.29, 0.717) is 23.0 Å². The Bertz CT molecular complexity index is 1420. The van der Waals surface area contributed by atoms with Crippen molar-refractivity contribution in [2.24, 2.45) is 12.1 Å². The highest BCUT2D eigenvalue weighted by molar-refractivity contribution is 7.99. The van der Waals surface area contributed by atoms with Crippen molar-refractivity contribution in [3.8, 4) is 0 Å². The third kappa shape index (κ3) is 5.62. The van der Waals surface area contributed by atoms with Gasteiger partial charge in [-0.1, -0.05) is 48.2 Å². The molecule has 5 rings (SSSR count). The molecule has 1 N–H and O–H groups in total. The fourth-order valence-corrected chi connectivity index (χ4v) is 5.45. The minimum atomic E-state index is -0.326. The Morgan fingerprint density at radius 2 is 1.86 bits per heavy atom. The number of halogens is 1. The molecule has 0 saturated carbocycles. The third-order valence-electron chi connectivity index (χ3n) is 5.92. The molecule has 1 aliphatic heterocycles. The van der Waals surface area contributed by atoms with Crippen molar-refractivity contribution >= 4 is 40.6 Å². The maximum absolute atomic E-state index is 13.5. The zero-order valence-corrected chi connectivity index (χ0v) is 21.5. The standard InChI is InChI=1S/C26H23FN6O2S2/c1-32-23(15-28-25(35)18-6-3-2-4-7-18)29-30-26(32)37-16-24(34)33-21(17-9-11-19(27)12-10-17)14-20(31-33)22-8-5-13-36-22/h2-13,21H,14-16H2,1H3,(H,28,35)/t21-/m1/s1. The minimum absolute atomic E-state index is 0.0985. The molecule has 2 aromatic heterocycles. The second kappa shape index (κ2) is 11.1. The van der Waals surface area contributed by atoms with Gasteiger partial charge in [-0.15, -0.1) is 21.5 Å². The molecule has 0 spiro atoms. The summed E-state index contributed by atoms with van der Waals surface area (Å²) in [5.74, 6) is -0.0439. The second-order valence-electron chi connectivity index (χ2n) is 8.33. The Morgan fingerprint density at radius 3 is 2.59 bits per heavy atom. The molecule has 2 aromatic carbocycles. The second-order valence-corrected chi connectivity index (χ2v) is 10.2. The van der Waals surface area contributed by atoms with E-state index in [1.54, 1.807) is 59.3 Å². The molecule has 3 heterocycles. The van der Waals surface area contributed by atoms with Crippen LogP contribution in [0.15, 0.2) is 82.4 Å². The first kappa shape index (κ1) is 24.8. The number of nitrogens with zero attached hydrogens (tertiary/aromatic N) is 5. The molecular formula is C26H23FN6O2S2. The Labute approximate surface area is 221 Å². The fourth-order valence-electron chi connectivity index (χ4n) is 3.94. The van der Waals surface area contributed by atoms with Crippen LogP contribution in [0, 0.1) is 5.82 Å². The van der Waals surface area contributed by atoms with Crippen molar-refractivity contribution in [1.29, 1.82) is 0 Å². The van der Waals surface area contributed by atoms with E-state index in [1.807, 2.05) is 23.6 Å². The quantitative estimate of drug-likeness (QED) is 0.338. The summed E-state index contributed by atoms with van der Waals surface area (Å²) in [5, 5.41) is 19.8. The predicted octanol–water partition coefficient (Wildman–Crippen LogP) is 4.42. The van der Waals surface area contributed by atoms with Crippen LogP contribution in [-0.2, 0) is 18.4 Å². The van der Waals surface area contributed by atoms with E-state index in [2.05, 4.69) is 20.6 Å². The van der Waals surface area contributed by atoms with Crippen molar-refractivity contribution in [2.75, 3.05) is 5.75 Å². The Kier molecular flexibility index (Phi) is 7.42. The summed E-state index contributed by atoms with van der Waals surface area (Å²) >= 11 is 2.82. The van der Waals surface area contributed by atoms with Gasteiger partial charge >= 0.3 is 0 Å². The number of hydrogen-bond acceptors (Lipinski definition) is 7. The first-order valence-corrected chi connectivity index (χ1v) is 13.4. The first-order valence-electron chi connectivity index (χ1n) is 11.5. The van der Waals surface area contributed by atoms with E-state index in [-0.39, 0.29) is 36.0 Å². The Hall–Kier alpha value is -3.83. The van der Waals surface area contributed by atoms with Gasteiger partial charge in [0.25, 0.3) is 11.8 Å². The minimum Gasteiger partial charge on any atom is -0.345 e. The maximum atomic E-state index is 13.5. The molecule has 1 atom stereocenters. The lowest BCUT2D eigenvalue weighted by Crippen LogP contribution is -2.28. The highest BCUT2D eigenvalue weighted by atomic mass is 32.2. The van der Waals surface area contributed by atoms with Crippen LogP contribution in [0.2, 0.25) is 0 Å². The molecular weight excluding hydrogens is 511 g/mol. The van der Waals surface area contributed by atoms with Crippen molar-refractivity contribution in [1.82, 2.24) is 25.1 Å². The van der Waals surface area contributed by atoms with Crippen LogP contribution in [0.3, 0.4) is 0 Å². The first-order chi connectivity index (χ1) is 18.0. The van der Waals surface area contributed by atoms with E-state index in [4.69, 9.17) is 0 Å². The molecule has 0 bridgehead atoms. The fraction of sp³-hybridized carbons (Fsp3) is 0.192. The van der Waals surface area contributed by atoms with Gasteiger partial charge in [0.2, 0.25) is 0 Å². The Morgan fingerprint density at radius 1 is 1.08 bits per heavy atom. The smallest absolute Gasteiger partial charge is 0.253 e. The van der Waals surface area contributed by atoms with Crippen LogP contribution in [0.5, 0.6) is 0 Å². The van der Waals surface area contributed by atoms with Crippen LogP contribution in [0.25, 0.3) is 0 Å². The van der Waals surface area contributed by atoms with Crippen LogP contribution in [0.4, 0.5) is 4.39 Å². The number of thiophene rings is 1. The molecule has 0 unspecified atom stereocenters. The number of carbonyl (C=O) groups excluding carboxylic acids is 2. The monoisotopic (exact) mass is 534 g/mol. The summed E-state index contributed by atoms with van der Waals surface area (Å²) < 4.78 is 15.3. The van der Waals surface area contributed by atoms with Gasteiger partial charge < -0.3 is 9.88 Å². The average molecular weight is 535 g/mol. The lowest BCUT2D eigenvalue weighted by molar-refractivity contribution is -0.130. The lowest BCUT2D eigenvalue weighted by atomic mass is 10.0. The molecule has 0 aliphatic carbocycles. The molecule has 4 aromatic rings. The van der Waals surface area contributed by atoms with Crippen LogP contribution >= 0.6 is 23.1 Å². The average Bonchev–Trinajstić information content (AvgIpc) is 3.67. The molecule has 0 saturated heterocycles. The molecule has 11 heteroatoms. The van der Waals surface area contributed by atoms with Crippen LogP contribution < -0.4 is 5.32 Å². The summed E-state index contributed by atoms with van der Waals surface area (Å²) in [4.78, 5) is 26.6. The number of rotatable bonds is 8. The summed E-state index contributed by atoms with van der Waals surface area (Å²) in [7, 11) is 1.79. The summed E-state index contributed by atoms with van der Waals surface area (Å²) in [6.45, 7) is 0.207. The van der Waals surface area contributed by atoms with Gasteiger partial charge in [0.05, 0.1) is 28.9 Å². The van der Waals surface area contributed by atoms with Gasteiger partial charge in [-0.05, 0) is 41.3 Å². The van der Waals surface area contributed by atoms with Crippen molar-refractivity contribution in [3.05, 3.63) is 99.8 Å². The van der Waals surface area contributed by atoms with E-state index < -0.39 is 0 Å². The lowest BCUT2D eigenvalue weighted by Gasteiger charge is -2.21. The summed E-state index contributed by atoms with van der Waals surface area (Å²) in [6.07, 6.45) is 0.553. The van der Waals surface area contributed by atoms with E-state index in [0.717, 1.165) is 16.2 Å². The number of aromatic nitrogens is 3. The number of hydrogen-bond donors (Lipinski definition) is 1. The largest absolute Gasteiger partial charge is 0.345 e. The Balaban J connectivity index is 1.25. The molecule has 8 nitrogen and oxygen atoms in total. The highest BCUT2D eigenvalue weighted by Gasteiger charge is 2.33. The van der Waals surface area contributed by atoms with Gasteiger partial charge in [0.1, 0.15) is 5.82 Å². The SMILES string of the molecule is Cn1c(CNC(=O)c2ccccc2)nnc1SCC(=O)N1N=C(c2cccs2)C[C@@H]1c1ccc(F)cc1. The van der Waals surface area contributed by atoms with Gasteiger partial charge in [-0.3, -0.25) is 9.59 Å². The predicted molar refractivity (Wildman–Crippen MR) is 141 cm³/mol. The van der Waals surface area contributed by atoms with Crippen molar-refractivity contribution < 1.29 is 14.0 Å². The number of amides is 2. The molecule has 0 radical (unpaired) electrons. The number of carbonyl (C=O) groups is 2. The maximum Gasteiger partial charge on any atom is 0.253 e. The number of nitrogens with one attached hydrogen (secondary N) is 1. The number of thioether (sulfide) groups is 1. The molecule has 2 amide bonds. The van der Waals surface area contributed by atoms with Gasteiger partial charge in [0, 0.05) is 19.0 Å². The topological polar surface area (TPSA) is 92.5 Å². The molecule has 37 heavy (non-hydrogen) atoms. The molecule has 188 valence electrons. The zero-order chi connectivity index (χ0) is 25.8. The molecule has 1 aliphatic rings. The number of hydrazone groups is 1. The van der Waals surface area contributed by atoms with Gasteiger partial charge in [-0.25, -0.2) is 9.40 Å². The van der Waals surface area contributed by atoms with Crippen LogP contribution in [-0.4, -0.2) is 43.1 Å². The van der Waals surface area contributed by atoms with E-state index in [1.165, 1.54) is 28.9 Å². The van der Waals surface area contributed by atoms with Crippen molar-refractivity contribution in [3.63, 3.8) is 0 Å². The van der Waals surface area contributed by atoms with E-state index in [9.17, 15) is 14.0 Å². The zero-order valence-electron chi connectivity index (χ0n) is 19.9. The van der Waals surface area contributed by atoms with Crippen molar-refractivity contribution in [2.45, 2.75) is 24.2 Å². The molecule has 0 fully saturated rings. The third-order valence-corrected chi connectivity index (χ3v) is 7.84. The summed E-state index contributed by atoms with van der Waals surface area (Å²) in [5.41, 5.74) is 2.22. The number of benzene rings is 2. The van der Waals surface area contributed by atoms with Gasteiger partial charge in [0.15, 0.2) is 11.0 Å². The van der Waals surface area contributed by atoms with Crippen LogP contribution in [0.1, 0.15) is 39.1 Å². The normalized spacial score (nSPS) is 15.0. The summed E-state index contributed by atoms with van der Waals surface area (Å²) in [6, 6.07) is 18.7.